The number of rotatable bonds is 4. The predicted octanol–water partition coefficient (Wildman–Crippen LogP) is 3.56. The van der Waals surface area contributed by atoms with Gasteiger partial charge in [-0.1, -0.05) is 29.8 Å². The molecule has 2 atom stereocenters. The van der Waals surface area contributed by atoms with Crippen LogP contribution in [0.4, 0.5) is 4.79 Å². The molecule has 1 aliphatic heterocycles. The summed E-state index contributed by atoms with van der Waals surface area (Å²) in [6.07, 6.45) is 0.839. The van der Waals surface area contributed by atoms with Crippen molar-refractivity contribution >= 4 is 6.09 Å². The molecule has 0 aliphatic carbocycles. The molecule has 2 unspecified atom stereocenters. The SMILES string of the molecule is CNCC(c1ccc(C)cc1)C1CCN(C(=O)OC(C)(C)C)C1. The van der Waals surface area contributed by atoms with E-state index >= 15 is 0 Å². The molecule has 1 aromatic rings. The maximum atomic E-state index is 12.3. The Labute approximate surface area is 140 Å². The van der Waals surface area contributed by atoms with Crippen molar-refractivity contribution < 1.29 is 9.53 Å². The summed E-state index contributed by atoms with van der Waals surface area (Å²) >= 11 is 0. The van der Waals surface area contributed by atoms with E-state index in [0.29, 0.717) is 11.8 Å². The van der Waals surface area contributed by atoms with Crippen molar-refractivity contribution in [2.45, 2.75) is 45.6 Å². The first kappa shape index (κ1) is 17.8. The standard InChI is InChI=1S/C19H30N2O2/c1-14-6-8-15(9-7-14)17(12-20-5)16-10-11-21(13-16)18(22)23-19(2,3)4/h6-9,16-17,20H,10-13H2,1-5H3. The Morgan fingerprint density at radius 3 is 2.57 bits per heavy atom. The lowest BCUT2D eigenvalue weighted by molar-refractivity contribution is 0.0286. The monoisotopic (exact) mass is 318 g/mol. The van der Waals surface area contributed by atoms with Gasteiger partial charge in [-0.05, 0) is 52.6 Å². The quantitative estimate of drug-likeness (QED) is 0.923. The summed E-state index contributed by atoms with van der Waals surface area (Å²) in [5.41, 5.74) is 2.19. The van der Waals surface area contributed by atoms with Crippen LogP contribution in [0.15, 0.2) is 24.3 Å². The van der Waals surface area contributed by atoms with Crippen LogP contribution in [0, 0.1) is 12.8 Å². The summed E-state index contributed by atoms with van der Waals surface area (Å²) in [4.78, 5) is 14.1. The van der Waals surface area contributed by atoms with Crippen LogP contribution in [0.2, 0.25) is 0 Å². The van der Waals surface area contributed by atoms with Crippen LogP contribution in [0.25, 0.3) is 0 Å². The predicted molar refractivity (Wildman–Crippen MR) is 93.8 cm³/mol. The molecule has 0 saturated carbocycles. The second kappa shape index (κ2) is 7.35. The van der Waals surface area contributed by atoms with Crippen molar-refractivity contribution in [3.63, 3.8) is 0 Å². The lowest BCUT2D eigenvalue weighted by Crippen LogP contribution is -2.36. The second-order valence-electron chi connectivity index (χ2n) is 7.55. The number of carbonyl (C=O) groups is 1. The van der Waals surface area contributed by atoms with Crippen LogP contribution < -0.4 is 5.32 Å². The van der Waals surface area contributed by atoms with Gasteiger partial charge >= 0.3 is 6.09 Å². The van der Waals surface area contributed by atoms with Gasteiger partial charge in [0.25, 0.3) is 0 Å². The number of likely N-dealkylation sites (N-methyl/N-ethyl adjacent to an activating group) is 1. The van der Waals surface area contributed by atoms with Crippen LogP contribution >= 0.6 is 0 Å². The van der Waals surface area contributed by atoms with Crippen LogP contribution in [0.5, 0.6) is 0 Å². The molecule has 0 bridgehead atoms. The number of nitrogens with zero attached hydrogens (tertiary/aromatic N) is 1. The minimum absolute atomic E-state index is 0.188. The first-order chi connectivity index (χ1) is 10.8. The molecule has 0 spiro atoms. The van der Waals surface area contributed by atoms with E-state index < -0.39 is 5.60 Å². The number of benzene rings is 1. The Morgan fingerprint density at radius 1 is 1.35 bits per heavy atom. The smallest absolute Gasteiger partial charge is 0.410 e. The van der Waals surface area contributed by atoms with Crippen LogP contribution in [0.3, 0.4) is 0 Å². The molecular weight excluding hydrogens is 288 g/mol. The molecule has 1 saturated heterocycles. The molecule has 1 aromatic carbocycles. The third kappa shape index (κ3) is 4.96. The van der Waals surface area contributed by atoms with Gasteiger partial charge in [-0.15, -0.1) is 0 Å². The number of amides is 1. The van der Waals surface area contributed by atoms with Gasteiger partial charge in [0, 0.05) is 25.6 Å². The zero-order valence-electron chi connectivity index (χ0n) is 15.1. The van der Waals surface area contributed by atoms with Crippen molar-refractivity contribution in [1.29, 1.82) is 0 Å². The summed E-state index contributed by atoms with van der Waals surface area (Å²) in [5, 5.41) is 3.31. The highest BCUT2D eigenvalue weighted by Gasteiger charge is 2.34. The molecule has 128 valence electrons. The van der Waals surface area contributed by atoms with Gasteiger partial charge in [-0.25, -0.2) is 4.79 Å². The minimum Gasteiger partial charge on any atom is -0.444 e. The van der Waals surface area contributed by atoms with E-state index in [9.17, 15) is 4.79 Å². The van der Waals surface area contributed by atoms with Gasteiger partial charge < -0.3 is 15.0 Å². The van der Waals surface area contributed by atoms with Crippen LogP contribution in [-0.2, 0) is 4.74 Å². The fourth-order valence-electron chi connectivity index (χ4n) is 3.20. The average Bonchev–Trinajstić information content (AvgIpc) is 2.94. The molecule has 0 radical (unpaired) electrons. The molecule has 1 aliphatic rings. The number of aryl methyl sites for hydroxylation is 1. The highest BCUT2D eigenvalue weighted by molar-refractivity contribution is 5.68. The lowest BCUT2D eigenvalue weighted by atomic mass is 9.85. The van der Waals surface area contributed by atoms with E-state index in [0.717, 1.165) is 26.1 Å². The summed E-state index contributed by atoms with van der Waals surface area (Å²) < 4.78 is 5.50. The van der Waals surface area contributed by atoms with E-state index in [4.69, 9.17) is 4.74 Å². The van der Waals surface area contributed by atoms with Crippen LogP contribution in [-0.4, -0.2) is 43.3 Å². The van der Waals surface area contributed by atoms with Gasteiger partial charge in [0.15, 0.2) is 0 Å². The molecular formula is C19H30N2O2. The highest BCUT2D eigenvalue weighted by atomic mass is 16.6. The van der Waals surface area contributed by atoms with Gasteiger partial charge in [0.2, 0.25) is 0 Å². The molecule has 4 nitrogen and oxygen atoms in total. The Balaban J connectivity index is 2.04. The van der Waals surface area contributed by atoms with E-state index in [1.54, 1.807) is 0 Å². The Bertz CT molecular complexity index is 519. The summed E-state index contributed by atoms with van der Waals surface area (Å²) in [5.74, 6) is 0.894. The number of likely N-dealkylation sites (tertiary alicyclic amines) is 1. The zero-order chi connectivity index (χ0) is 17.0. The normalized spacial score (nSPS) is 19.7. The van der Waals surface area contributed by atoms with Gasteiger partial charge in [0.05, 0.1) is 0 Å². The number of nitrogens with one attached hydrogen (secondary N) is 1. The zero-order valence-corrected chi connectivity index (χ0v) is 15.1. The fraction of sp³-hybridized carbons (Fsp3) is 0.632. The Hall–Kier alpha value is -1.55. The van der Waals surface area contributed by atoms with E-state index in [-0.39, 0.29) is 6.09 Å². The molecule has 1 N–H and O–H groups in total. The van der Waals surface area contributed by atoms with Gasteiger partial charge in [-0.2, -0.15) is 0 Å². The first-order valence-electron chi connectivity index (χ1n) is 8.49. The Morgan fingerprint density at radius 2 is 2.00 bits per heavy atom. The molecule has 1 amide bonds. The van der Waals surface area contributed by atoms with Crippen molar-refractivity contribution in [2.75, 3.05) is 26.7 Å². The van der Waals surface area contributed by atoms with Crippen LogP contribution in [0.1, 0.15) is 44.2 Å². The van der Waals surface area contributed by atoms with Gasteiger partial charge in [0.1, 0.15) is 5.60 Å². The molecule has 2 rings (SSSR count). The highest BCUT2D eigenvalue weighted by Crippen LogP contribution is 2.32. The topological polar surface area (TPSA) is 41.6 Å². The molecule has 23 heavy (non-hydrogen) atoms. The largest absolute Gasteiger partial charge is 0.444 e. The van der Waals surface area contributed by atoms with E-state index in [2.05, 4.69) is 36.5 Å². The maximum Gasteiger partial charge on any atom is 0.410 e. The Kier molecular flexibility index (Phi) is 5.69. The van der Waals surface area contributed by atoms with Crippen molar-refractivity contribution in [3.05, 3.63) is 35.4 Å². The van der Waals surface area contributed by atoms with E-state index in [1.807, 2.05) is 32.7 Å². The summed E-state index contributed by atoms with van der Waals surface area (Å²) in [7, 11) is 1.99. The van der Waals surface area contributed by atoms with E-state index in [1.165, 1.54) is 11.1 Å². The maximum absolute atomic E-state index is 12.3. The third-order valence-corrected chi connectivity index (χ3v) is 4.37. The summed E-state index contributed by atoms with van der Waals surface area (Å²) in [6.45, 7) is 10.3. The molecule has 4 heteroatoms. The molecule has 1 heterocycles. The third-order valence-electron chi connectivity index (χ3n) is 4.37. The lowest BCUT2D eigenvalue weighted by Gasteiger charge is -2.26. The number of hydrogen-bond donors (Lipinski definition) is 1. The minimum atomic E-state index is -0.434. The number of ether oxygens (including phenoxy) is 1. The molecule has 1 fully saturated rings. The molecule has 0 aromatic heterocycles. The van der Waals surface area contributed by atoms with Crippen molar-refractivity contribution in [1.82, 2.24) is 10.2 Å². The fourth-order valence-corrected chi connectivity index (χ4v) is 3.20. The summed E-state index contributed by atoms with van der Waals surface area (Å²) in [6, 6.07) is 8.76. The number of carbonyl (C=O) groups excluding carboxylic acids is 1. The average molecular weight is 318 g/mol. The van der Waals surface area contributed by atoms with Crippen molar-refractivity contribution in [3.8, 4) is 0 Å². The van der Waals surface area contributed by atoms with Crippen molar-refractivity contribution in [2.24, 2.45) is 5.92 Å². The second-order valence-corrected chi connectivity index (χ2v) is 7.55. The van der Waals surface area contributed by atoms with Gasteiger partial charge in [-0.3, -0.25) is 0 Å². The number of hydrogen-bond acceptors (Lipinski definition) is 3. The first-order valence-corrected chi connectivity index (χ1v) is 8.49.